The summed E-state index contributed by atoms with van der Waals surface area (Å²) >= 11 is 0. The molecule has 0 fully saturated rings. The van der Waals surface area contributed by atoms with E-state index in [0.717, 1.165) is 5.56 Å². The van der Waals surface area contributed by atoms with E-state index in [1.807, 2.05) is 37.3 Å². The van der Waals surface area contributed by atoms with E-state index < -0.39 is 0 Å². The van der Waals surface area contributed by atoms with Gasteiger partial charge >= 0.3 is 0 Å². The summed E-state index contributed by atoms with van der Waals surface area (Å²) in [7, 11) is 1.72. The lowest BCUT2D eigenvalue weighted by molar-refractivity contribution is 0.0784. The third-order valence-electron chi connectivity index (χ3n) is 3.06. The molecule has 4 nitrogen and oxygen atoms in total. The van der Waals surface area contributed by atoms with Crippen LogP contribution in [0.2, 0.25) is 0 Å². The molecule has 4 heteroatoms. The monoisotopic (exact) mass is 265 g/mol. The van der Waals surface area contributed by atoms with Crippen molar-refractivity contribution in [3.05, 3.63) is 65.0 Å². The highest BCUT2D eigenvalue weighted by Crippen LogP contribution is 2.12. The number of hydrogen-bond acceptors (Lipinski definition) is 3. The third kappa shape index (κ3) is 3.01. The summed E-state index contributed by atoms with van der Waals surface area (Å²) in [4.78, 5) is 17.8. The smallest absolute Gasteiger partial charge is 0.256 e. The highest BCUT2D eigenvalue weighted by Gasteiger charge is 2.16. The molecule has 1 aromatic heterocycles. The van der Waals surface area contributed by atoms with Crippen LogP contribution in [0.3, 0.4) is 0 Å². The van der Waals surface area contributed by atoms with Crippen molar-refractivity contribution >= 4 is 5.91 Å². The minimum atomic E-state index is -0.199. The maximum atomic E-state index is 12.3. The Labute approximate surface area is 118 Å². The molecule has 0 aliphatic rings. The van der Waals surface area contributed by atoms with E-state index in [-0.39, 0.29) is 5.91 Å². The van der Waals surface area contributed by atoms with Crippen molar-refractivity contribution in [3.63, 3.8) is 0 Å². The fraction of sp³-hybridized carbons (Fsp3) is 0.188. The molecule has 100 valence electrons. The Hall–Kier alpha value is -2.67. The van der Waals surface area contributed by atoms with Crippen molar-refractivity contribution in [1.82, 2.24) is 9.88 Å². The maximum absolute atomic E-state index is 12.3. The molecular weight excluding hydrogens is 250 g/mol. The first-order valence-electron chi connectivity index (χ1n) is 6.27. The summed E-state index contributed by atoms with van der Waals surface area (Å²) in [5.41, 5.74) is 2.92. The quantitative estimate of drug-likeness (QED) is 0.857. The van der Waals surface area contributed by atoms with E-state index in [9.17, 15) is 4.79 Å². The molecule has 0 atom stereocenters. The van der Waals surface area contributed by atoms with Gasteiger partial charge < -0.3 is 4.90 Å². The predicted molar refractivity (Wildman–Crippen MR) is 75.9 cm³/mol. The Morgan fingerprint density at radius 1 is 1.30 bits per heavy atom. The fourth-order valence-electron chi connectivity index (χ4n) is 1.91. The van der Waals surface area contributed by atoms with Crippen LogP contribution in [0, 0.1) is 18.3 Å². The zero-order chi connectivity index (χ0) is 14.5. The summed E-state index contributed by atoms with van der Waals surface area (Å²) in [6.07, 6.45) is 2.95. The van der Waals surface area contributed by atoms with Crippen molar-refractivity contribution < 1.29 is 4.79 Å². The molecule has 0 aliphatic heterocycles. The molecule has 1 aromatic carbocycles. The largest absolute Gasteiger partial charge is 0.337 e. The first-order valence-corrected chi connectivity index (χ1v) is 6.27. The van der Waals surface area contributed by atoms with Gasteiger partial charge in [-0.3, -0.25) is 9.78 Å². The van der Waals surface area contributed by atoms with Crippen LogP contribution in [0.15, 0.2) is 42.7 Å². The third-order valence-corrected chi connectivity index (χ3v) is 3.06. The Bertz CT molecular complexity index is 656. The molecule has 2 aromatic rings. The number of amides is 1. The minimum Gasteiger partial charge on any atom is -0.337 e. The van der Waals surface area contributed by atoms with Crippen LogP contribution in [0.4, 0.5) is 0 Å². The Morgan fingerprint density at radius 2 is 2.00 bits per heavy atom. The lowest BCUT2D eigenvalue weighted by atomic mass is 10.1. The summed E-state index contributed by atoms with van der Waals surface area (Å²) in [6.45, 7) is 2.52. The minimum absolute atomic E-state index is 0.199. The molecule has 0 bridgehead atoms. The van der Waals surface area contributed by atoms with Gasteiger partial charge in [-0.25, -0.2) is 0 Å². The van der Waals surface area contributed by atoms with Gasteiger partial charge in [0.15, 0.2) is 0 Å². The standard InChI is InChI=1S/C16H15N3O/c1-12-3-5-13(6-4-12)11-19(2)16(20)15-10-18-8-7-14(15)9-17/h3-8,10H,11H2,1-2H3. The molecule has 0 unspecified atom stereocenters. The Kier molecular flexibility index (Phi) is 4.11. The number of benzene rings is 1. The topological polar surface area (TPSA) is 57.0 Å². The highest BCUT2D eigenvalue weighted by atomic mass is 16.2. The molecule has 20 heavy (non-hydrogen) atoms. The number of rotatable bonds is 3. The first-order chi connectivity index (χ1) is 9.61. The second kappa shape index (κ2) is 5.98. The van der Waals surface area contributed by atoms with Gasteiger partial charge in [-0.05, 0) is 18.6 Å². The zero-order valence-corrected chi connectivity index (χ0v) is 11.5. The summed E-state index contributed by atoms with van der Waals surface area (Å²) in [5.74, 6) is -0.199. The van der Waals surface area contributed by atoms with Crippen molar-refractivity contribution in [3.8, 4) is 6.07 Å². The van der Waals surface area contributed by atoms with Crippen molar-refractivity contribution in [2.24, 2.45) is 0 Å². The summed E-state index contributed by atoms with van der Waals surface area (Å²) in [6, 6.07) is 11.6. The number of nitrogens with zero attached hydrogens (tertiary/aromatic N) is 3. The number of carbonyl (C=O) groups excluding carboxylic acids is 1. The molecule has 0 N–H and O–H groups in total. The van der Waals surface area contributed by atoms with E-state index in [1.54, 1.807) is 18.0 Å². The molecule has 0 spiro atoms. The Morgan fingerprint density at radius 3 is 2.65 bits per heavy atom. The molecule has 2 rings (SSSR count). The number of pyridine rings is 1. The van der Waals surface area contributed by atoms with Gasteiger partial charge in [0, 0.05) is 26.0 Å². The van der Waals surface area contributed by atoms with Crippen molar-refractivity contribution in [1.29, 1.82) is 5.26 Å². The summed E-state index contributed by atoms with van der Waals surface area (Å²) < 4.78 is 0. The lowest BCUT2D eigenvalue weighted by Gasteiger charge is -2.17. The van der Waals surface area contributed by atoms with Crippen LogP contribution < -0.4 is 0 Å². The van der Waals surface area contributed by atoms with E-state index in [0.29, 0.717) is 17.7 Å². The van der Waals surface area contributed by atoms with Crippen LogP contribution in [-0.4, -0.2) is 22.8 Å². The van der Waals surface area contributed by atoms with Crippen LogP contribution in [0.1, 0.15) is 27.0 Å². The Balaban J connectivity index is 2.17. The van der Waals surface area contributed by atoms with Gasteiger partial charge in [-0.15, -0.1) is 0 Å². The number of aromatic nitrogens is 1. The maximum Gasteiger partial charge on any atom is 0.256 e. The molecule has 1 heterocycles. The zero-order valence-electron chi connectivity index (χ0n) is 11.5. The number of hydrogen-bond donors (Lipinski definition) is 0. The second-order valence-corrected chi connectivity index (χ2v) is 4.68. The van der Waals surface area contributed by atoms with E-state index in [4.69, 9.17) is 5.26 Å². The van der Waals surface area contributed by atoms with Crippen molar-refractivity contribution in [2.45, 2.75) is 13.5 Å². The average molecular weight is 265 g/mol. The molecule has 0 radical (unpaired) electrons. The van der Waals surface area contributed by atoms with Gasteiger partial charge in [-0.2, -0.15) is 5.26 Å². The first kappa shape index (κ1) is 13.8. The van der Waals surface area contributed by atoms with E-state index in [2.05, 4.69) is 4.98 Å². The molecular formula is C16H15N3O. The number of nitriles is 1. The van der Waals surface area contributed by atoms with Gasteiger partial charge in [0.05, 0.1) is 11.1 Å². The molecule has 1 amide bonds. The van der Waals surface area contributed by atoms with E-state index >= 15 is 0 Å². The SMILES string of the molecule is Cc1ccc(CN(C)C(=O)c2cnccc2C#N)cc1. The molecule has 0 aliphatic carbocycles. The second-order valence-electron chi connectivity index (χ2n) is 4.68. The van der Waals surface area contributed by atoms with Crippen LogP contribution in [-0.2, 0) is 6.54 Å². The van der Waals surface area contributed by atoms with Crippen molar-refractivity contribution in [2.75, 3.05) is 7.05 Å². The van der Waals surface area contributed by atoms with Crippen LogP contribution >= 0.6 is 0 Å². The van der Waals surface area contributed by atoms with Gasteiger partial charge in [-0.1, -0.05) is 29.8 Å². The molecule has 0 saturated carbocycles. The predicted octanol–water partition coefficient (Wildman–Crippen LogP) is 2.53. The number of carbonyl (C=O) groups is 1. The van der Waals surface area contributed by atoms with Crippen LogP contribution in [0.25, 0.3) is 0 Å². The summed E-state index contributed by atoms with van der Waals surface area (Å²) in [5, 5.41) is 9.02. The van der Waals surface area contributed by atoms with E-state index in [1.165, 1.54) is 18.0 Å². The highest BCUT2D eigenvalue weighted by molar-refractivity contribution is 5.96. The normalized spacial score (nSPS) is 9.85. The fourth-order valence-corrected chi connectivity index (χ4v) is 1.91. The molecule has 0 saturated heterocycles. The van der Waals surface area contributed by atoms with Gasteiger partial charge in [0.25, 0.3) is 5.91 Å². The van der Waals surface area contributed by atoms with Crippen LogP contribution in [0.5, 0.6) is 0 Å². The van der Waals surface area contributed by atoms with Gasteiger partial charge in [0.1, 0.15) is 6.07 Å². The number of aryl methyl sites for hydroxylation is 1. The lowest BCUT2D eigenvalue weighted by Crippen LogP contribution is -2.27. The van der Waals surface area contributed by atoms with Gasteiger partial charge in [0.2, 0.25) is 0 Å². The average Bonchev–Trinajstić information content (AvgIpc) is 2.48.